The third-order valence-electron chi connectivity index (χ3n) is 10.1. The lowest BCUT2D eigenvalue weighted by atomic mass is 10.0. The number of quaternary nitrogens is 1. The van der Waals surface area contributed by atoms with Gasteiger partial charge in [-0.15, -0.1) is 0 Å². The highest BCUT2D eigenvalue weighted by molar-refractivity contribution is 7.45. The van der Waals surface area contributed by atoms with E-state index in [9.17, 15) is 24.2 Å². The van der Waals surface area contributed by atoms with Gasteiger partial charge in [0, 0.05) is 25.7 Å². The van der Waals surface area contributed by atoms with E-state index in [4.69, 9.17) is 22.9 Å². The van der Waals surface area contributed by atoms with Crippen molar-refractivity contribution in [2.75, 3.05) is 47.5 Å². The Morgan fingerprint density at radius 1 is 0.733 bits per heavy atom. The fraction of sp³-hybridized carbons (Fsp3) is 0.708. The minimum absolute atomic E-state index is 0.0126. The first-order valence-corrected chi connectivity index (χ1v) is 24.3. The van der Waals surface area contributed by atoms with Crippen LogP contribution in [0.25, 0.3) is 0 Å². The number of aliphatic hydroxyl groups is 1. The number of aryl methyl sites for hydroxylation is 2. The highest BCUT2D eigenvalue weighted by Crippen LogP contribution is 2.38. The van der Waals surface area contributed by atoms with Gasteiger partial charge in [-0.25, -0.2) is 0 Å². The summed E-state index contributed by atoms with van der Waals surface area (Å²) in [6.45, 7) is 8.17. The van der Waals surface area contributed by atoms with Crippen molar-refractivity contribution in [3.05, 3.63) is 71.3 Å². The molecular weight excluding hydrogens is 781 g/mol. The number of hydrogen-bond donors (Lipinski definition) is 1. The number of nitrogens with zero attached hydrogens (tertiary/aromatic N) is 1. The molecule has 0 radical (unpaired) electrons. The Bertz CT molecular complexity index is 1460. The van der Waals surface area contributed by atoms with Crippen LogP contribution in [0.2, 0.25) is 0 Å². The quantitative estimate of drug-likeness (QED) is 0.0171. The normalized spacial score (nSPS) is 14.5. The second-order valence-corrected chi connectivity index (χ2v) is 18.3. The smallest absolute Gasteiger partial charge is 0.306 e. The summed E-state index contributed by atoms with van der Waals surface area (Å²) in [6.07, 6.45) is 33.0. The number of carbonyl (C=O) groups is 2. The Balaban J connectivity index is 2.42. The summed E-state index contributed by atoms with van der Waals surface area (Å²) in [6, 6.07) is 0. The highest BCUT2D eigenvalue weighted by atomic mass is 31.2. The summed E-state index contributed by atoms with van der Waals surface area (Å²) in [5.41, 5.74) is 2.61. The Labute approximate surface area is 363 Å². The third-order valence-corrected chi connectivity index (χ3v) is 11.1. The second kappa shape index (κ2) is 33.8. The van der Waals surface area contributed by atoms with Crippen molar-refractivity contribution in [2.24, 2.45) is 0 Å². The molecular formula is C48H82NO10P. The van der Waals surface area contributed by atoms with Crippen LogP contribution in [-0.4, -0.2) is 81.2 Å². The number of hydrogen-bond acceptors (Lipinski definition) is 10. The van der Waals surface area contributed by atoms with E-state index in [1.807, 2.05) is 33.3 Å². The average Bonchev–Trinajstić information content (AvgIpc) is 3.45. The number of aliphatic hydroxyl groups excluding tert-OH is 1. The van der Waals surface area contributed by atoms with Crippen molar-refractivity contribution in [1.29, 1.82) is 0 Å². The second-order valence-electron chi connectivity index (χ2n) is 16.8. The molecule has 3 atom stereocenters. The summed E-state index contributed by atoms with van der Waals surface area (Å²) >= 11 is 0. The lowest BCUT2D eigenvalue weighted by Gasteiger charge is -2.28. The number of phosphoric ester groups is 1. The van der Waals surface area contributed by atoms with Crippen LogP contribution in [0.4, 0.5) is 0 Å². The zero-order chi connectivity index (χ0) is 44.5. The predicted octanol–water partition coefficient (Wildman–Crippen LogP) is 10.7. The van der Waals surface area contributed by atoms with Gasteiger partial charge < -0.3 is 37.4 Å². The van der Waals surface area contributed by atoms with Gasteiger partial charge in [-0.05, 0) is 82.8 Å². The van der Waals surface area contributed by atoms with Gasteiger partial charge >= 0.3 is 11.9 Å². The summed E-state index contributed by atoms with van der Waals surface area (Å²) in [5, 5.41) is 10.3. The summed E-state index contributed by atoms with van der Waals surface area (Å²) in [5.74, 6) is 1.21. The lowest BCUT2D eigenvalue weighted by molar-refractivity contribution is -0.870. The van der Waals surface area contributed by atoms with Crippen molar-refractivity contribution >= 4 is 19.8 Å². The molecule has 0 aliphatic heterocycles. The molecule has 1 heterocycles. The fourth-order valence-electron chi connectivity index (χ4n) is 6.27. The number of allylic oxidation sites excluding steroid dienone is 7. The van der Waals surface area contributed by atoms with E-state index in [1.54, 1.807) is 12.2 Å². The third kappa shape index (κ3) is 30.3. The van der Waals surface area contributed by atoms with Crippen LogP contribution in [0.5, 0.6) is 0 Å². The zero-order valence-electron chi connectivity index (χ0n) is 38.5. The van der Waals surface area contributed by atoms with Gasteiger partial charge in [0.25, 0.3) is 7.82 Å². The van der Waals surface area contributed by atoms with Crippen LogP contribution in [0.1, 0.15) is 158 Å². The van der Waals surface area contributed by atoms with Crippen molar-refractivity contribution < 1.29 is 51.6 Å². The molecule has 1 aromatic rings. The Kier molecular flexibility index (Phi) is 31.1. The standard InChI is InChI=1S/C48H82NO10P/c1-8-10-11-12-13-14-15-16-17-18-21-24-27-32-43(50)33-30-36-48(52)58-44(40-57-60(53,54)56-38-37-49(5,6)7)39-55-47(51)35-29-26-23-20-19-22-25-28-34-46-42(4)41(3)45(59-46)31-9-2/h13-14,16-17,21,24,27,32,43-44,50H,8-12,15,18-20,22-23,25-26,28-31,33-40H2,1-7H3/b14-13-,17-16-,24-21-,32-27+/t43-,44+/m0/s1. The fourth-order valence-corrected chi connectivity index (χ4v) is 7.00. The van der Waals surface area contributed by atoms with Crippen molar-refractivity contribution in [1.82, 2.24) is 0 Å². The summed E-state index contributed by atoms with van der Waals surface area (Å²) in [7, 11) is 1.02. The van der Waals surface area contributed by atoms with Crippen molar-refractivity contribution in [2.45, 2.75) is 175 Å². The molecule has 11 nitrogen and oxygen atoms in total. The van der Waals surface area contributed by atoms with E-state index >= 15 is 0 Å². The predicted molar refractivity (Wildman–Crippen MR) is 240 cm³/mol. The first-order chi connectivity index (χ1) is 28.7. The molecule has 0 saturated carbocycles. The van der Waals surface area contributed by atoms with E-state index < -0.39 is 38.6 Å². The largest absolute Gasteiger partial charge is 0.756 e. The van der Waals surface area contributed by atoms with Crippen molar-refractivity contribution in [3.8, 4) is 0 Å². The molecule has 0 saturated heterocycles. The number of rotatable bonds is 37. The SMILES string of the molecule is CCCCC/C=C\C/C=C\C/C=C\C=C\[C@H](O)CCCC(=O)O[C@H](COC(=O)CCCCCCCCCCc1oc(CCC)c(C)c1C)COP(=O)([O-])OCC[N+](C)(C)C. The van der Waals surface area contributed by atoms with Gasteiger partial charge in [-0.3, -0.25) is 14.2 Å². The Morgan fingerprint density at radius 3 is 2.02 bits per heavy atom. The minimum Gasteiger partial charge on any atom is -0.756 e. The molecule has 0 aromatic carbocycles. The summed E-state index contributed by atoms with van der Waals surface area (Å²) in [4.78, 5) is 37.7. The van der Waals surface area contributed by atoms with E-state index in [0.29, 0.717) is 30.3 Å². The molecule has 0 aliphatic carbocycles. The van der Waals surface area contributed by atoms with Gasteiger partial charge in [0.1, 0.15) is 31.3 Å². The van der Waals surface area contributed by atoms with E-state index in [-0.39, 0.29) is 26.1 Å². The van der Waals surface area contributed by atoms with Crippen molar-refractivity contribution in [3.63, 3.8) is 0 Å². The monoisotopic (exact) mass is 864 g/mol. The molecule has 344 valence electrons. The zero-order valence-corrected chi connectivity index (χ0v) is 39.4. The Hall–Kier alpha value is -2.79. The minimum atomic E-state index is -4.69. The molecule has 0 fully saturated rings. The molecule has 1 rings (SSSR count). The maximum atomic E-state index is 12.7. The molecule has 0 spiro atoms. The molecule has 12 heteroatoms. The lowest BCUT2D eigenvalue weighted by Crippen LogP contribution is -2.37. The average molecular weight is 864 g/mol. The first-order valence-electron chi connectivity index (χ1n) is 22.8. The topological polar surface area (TPSA) is 145 Å². The molecule has 1 N–H and O–H groups in total. The number of furan rings is 1. The number of esters is 2. The molecule has 60 heavy (non-hydrogen) atoms. The van der Waals surface area contributed by atoms with E-state index in [0.717, 1.165) is 82.1 Å². The van der Waals surface area contributed by atoms with Gasteiger partial charge in [0.15, 0.2) is 6.10 Å². The van der Waals surface area contributed by atoms with Gasteiger partial charge in [0.2, 0.25) is 0 Å². The van der Waals surface area contributed by atoms with Gasteiger partial charge in [-0.2, -0.15) is 0 Å². The Morgan fingerprint density at radius 2 is 1.35 bits per heavy atom. The summed E-state index contributed by atoms with van der Waals surface area (Å²) < 4.78 is 39.9. The number of likely N-dealkylation sites (N-methyl/N-ethyl adjacent to an activating group) is 1. The first kappa shape index (κ1) is 55.2. The number of carbonyl (C=O) groups excluding carboxylic acids is 2. The van der Waals surface area contributed by atoms with Crippen LogP contribution in [0.15, 0.2) is 53.0 Å². The van der Waals surface area contributed by atoms with E-state index in [1.165, 1.54) is 43.2 Å². The maximum Gasteiger partial charge on any atom is 0.306 e. The number of phosphoric acid groups is 1. The van der Waals surface area contributed by atoms with Crippen LogP contribution in [-0.2, 0) is 45.5 Å². The molecule has 1 unspecified atom stereocenters. The van der Waals surface area contributed by atoms with E-state index in [2.05, 4.69) is 52.0 Å². The molecule has 0 aliphatic rings. The maximum absolute atomic E-state index is 12.7. The van der Waals surface area contributed by atoms with Gasteiger partial charge in [-0.1, -0.05) is 114 Å². The molecule has 1 aromatic heterocycles. The van der Waals surface area contributed by atoms with Crippen LogP contribution < -0.4 is 4.89 Å². The highest BCUT2D eigenvalue weighted by Gasteiger charge is 2.22. The van der Waals surface area contributed by atoms with Crippen LogP contribution in [0, 0.1) is 13.8 Å². The van der Waals surface area contributed by atoms with Crippen LogP contribution in [0.3, 0.4) is 0 Å². The van der Waals surface area contributed by atoms with Gasteiger partial charge in [0.05, 0.1) is 33.9 Å². The number of ether oxygens (including phenoxy) is 2. The molecule has 0 amide bonds. The molecule has 0 bridgehead atoms. The number of unbranched alkanes of at least 4 members (excludes halogenated alkanes) is 10. The van der Waals surface area contributed by atoms with Crippen LogP contribution >= 0.6 is 7.82 Å².